The molecule has 2 fully saturated rings. The molecule has 0 unspecified atom stereocenters. The summed E-state index contributed by atoms with van der Waals surface area (Å²) in [5.41, 5.74) is 0. The van der Waals surface area contributed by atoms with Crippen LogP contribution in [0.15, 0.2) is 0 Å². The number of piperidine rings is 1. The van der Waals surface area contributed by atoms with Gasteiger partial charge in [0.2, 0.25) is 5.13 Å². The molecule has 1 saturated carbocycles. The highest BCUT2D eigenvalue weighted by molar-refractivity contribution is 7.15. The molecular weight excluding hydrogens is 232 g/mol. The molecule has 94 valence electrons. The standard InChI is InChI=1S/C12H20N4S/c1-2-8-16(9-3-1)12-15-14-11(17-12)6-7-13-10-4-5-10/h10,13H,1-9H2. The molecule has 1 aliphatic carbocycles. The van der Waals surface area contributed by atoms with Crippen molar-refractivity contribution in [3.05, 3.63) is 5.01 Å². The van der Waals surface area contributed by atoms with Crippen LogP contribution in [0.25, 0.3) is 0 Å². The van der Waals surface area contributed by atoms with Gasteiger partial charge in [-0.1, -0.05) is 11.3 Å². The van der Waals surface area contributed by atoms with Crippen molar-refractivity contribution >= 4 is 16.5 Å². The molecule has 1 saturated heterocycles. The van der Waals surface area contributed by atoms with E-state index >= 15 is 0 Å². The molecule has 1 N–H and O–H groups in total. The highest BCUT2D eigenvalue weighted by Crippen LogP contribution is 2.24. The summed E-state index contributed by atoms with van der Waals surface area (Å²) in [5, 5.41) is 14.4. The predicted octanol–water partition coefficient (Wildman–Crippen LogP) is 1.82. The van der Waals surface area contributed by atoms with E-state index in [-0.39, 0.29) is 0 Å². The van der Waals surface area contributed by atoms with E-state index in [2.05, 4.69) is 20.4 Å². The SMILES string of the molecule is C1CCN(c2nnc(CCNC3CC3)s2)CC1. The number of nitrogens with zero attached hydrogens (tertiary/aromatic N) is 3. The third-order valence-electron chi connectivity index (χ3n) is 3.43. The summed E-state index contributed by atoms with van der Waals surface area (Å²) in [7, 11) is 0. The van der Waals surface area contributed by atoms with E-state index in [1.165, 1.54) is 37.1 Å². The van der Waals surface area contributed by atoms with E-state index in [0.29, 0.717) is 0 Å². The van der Waals surface area contributed by atoms with Crippen molar-refractivity contribution in [2.24, 2.45) is 0 Å². The van der Waals surface area contributed by atoms with Gasteiger partial charge in [-0.05, 0) is 32.1 Å². The van der Waals surface area contributed by atoms with Crippen molar-refractivity contribution < 1.29 is 0 Å². The molecule has 0 spiro atoms. The zero-order valence-electron chi connectivity index (χ0n) is 10.2. The number of rotatable bonds is 5. The van der Waals surface area contributed by atoms with Gasteiger partial charge in [-0.25, -0.2) is 0 Å². The van der Waals surface area contributed by atoms with Crippen molar-refractivity contribution in [1.29, 1.82) is 0 Å². The van der Waals surface area contributed by atoms with Gasteiger partial charge in [0.15, 0.2) is 0 Å². The van der Waals surface area contributed by atoms with Crippen LogP contribution in [-0.2, 0) is 6.42 Å². The lowest BCUT2D eigenvalue weighted by atomic mass is 10.1. The second-order valence-corrected chi connectivity index (χ2v) is 6.05. The molecule has 2 heterocycles. The number of hydrogen-bond acceptors (Lipinski definition) is 5. The highest BCUT2D eigenvalue weighted by atomic mass is 32.1. The van der Waals surface area contributed by atoms with Crippen LogP contribution in [0, 0.1) is 0 Å². The van der Waals surface area contributed by atoms with Gasteiger partial charge >= 0.3 is 0 Å². The molecule has 0 amide bonds. The Labute approximate surface area is 106 Å². The van der Waals surface area contributed by atoms with Gasteiger partial charge in [0.25, 0.3) is 0 Å². The Balaban J connectivity index is 1.49. The summed E-state index contributed by atoms with van der Waals surface area (Å²) in [6, 6.07) is 0.796. The summed E-state index contributed by atoms with van der Waals surface area (Å²) in [6.07, 6.45) is 7.72. The lowest BCUT2D eigenvalue weighted by molar-refractivity contribution is 0.575. The Bertz CT molecular complexity index is 355. The van der Waals surface area contributed by atoms with E-state index < -0.39 is 0 Å². The summed E-state index contributed by atoms with van der Waals surface area (Å²) < 4.78 is 0. The molecule has 1 aromatic rings. The fourth-order valence-corrected chi connectivity index (χ4v) is 3.12. The maximum atomic E-state index is 4.32. The van der Waals surface area contributed by atoms with Crippen molar-refractivity contribution in [2.45, 2.75) is 44.6 Å². The Morgan fingerprint density at radius 3 is 2.76 bits per heavy atom. The van der Waals surface area contributed by atoms with Crippen LogP contribution < -0.4 is 10.2 Å². The number of hydrogen-bond donors (Lipinski definition) is 1. The summed E-state index contributed by atoms with van der Waals surface area (Å²) in [4.78, 5) is 2.39. The van der Waals surface area contributed by atoms with Gasteiger partial charge in [-0.15, -0.1) is 10.2 Å². The molecular formula is C12H20N4S. The van der Waals surface area contributed by atoms with Crippen LogP contribution in [0.4, 0.5) is 5.13 Å². The zero-order chi connectivity index (χ0) is 11.5. The summed E-state index contributed by atoms with van der Waals surface area (Å²) in [6.45, 7) is 3.38. The first-order valence-corrected chi connectivity index (χ1v) is 7.54. The molecule has 2 aliphatic rings. The van der Waals surface area contributed by atoms with E-state index in [1.807, 2.05) is 0 Å². The third kappa shape index (κ3) is 3.16. The maximum absolute atomic E-state index is 4.32. The first-order valence-electron chi connectivity index (χ1n) is 6.72. The van der Waals surface area contributed by atoms with Gasteiger partial charge < -0.3 is 10.2 Å². The Hall–Kier alpha value is -0.680. The van der Waals surface area contributed by atoms with Crippen molar-refractivity contribution in [3.8, 4) is 0 Å². The van der Waals surface area contributed by atoms with E-state index in [1.54, 1.807) is 11.3 Å². The minimum Gasteiger partial charge on any atom is -0.347 e. The first kappa shape index (κ1) is 11.4. The minimum absolute atomic E-state index is 0.796. The number of aromatic nitrogens is 2. The molecule has 0 atom stereocenters. The average molecular weight is 252 g/mol. The fraction of sp³-hybridized carbons (Fsp3) is 0.833. The van der Waals surface area contributed by atoms with E-state index in [4.69, 9.17) is 0 Å². The van der Waals surface area contributed by atoms with E-state index in [9.17, 15) is 0 Å². The van der Waals surface area contributed by atoms with Gasteiger partial charge in [0.1, 0.15) is 5.01 Å². The molecule has 3 rings (SSSR count). The molecule has 0 bridgehead atoms. The van der Waals surface area contributed by atoms with Crippen LogP contribution in [0.1, 0.15) is 37.1 Å². The molecule has 1 aliphatic heterocycles. The maximum Gasteiger partial charge on any atom is 0.208 e. The molecule has 0 aromatic carbocycles. The first-order chi connectivity index (χ1) is 8.42. The largest absolute Gasteiger partial charge is 0.347 e. The van der Waals surface area contributed by atoms with Crippen LogP contribution in [0.2, 0.25) is 0 Å². The van der Waals surface area contributed by atoms with Crippen molar-refractivity contribution in [1.82, 2.24) is 15.5 Å². The lowest BCUT2D eigenvalue weighted by Gasteiger charge is -2.25. The van der Waals surface area contributed by atoms with E-state index in [0.717, 1.165) is 37.2 Å². The summed E-state index contributed by atoms with van der Waals surface area (Å²) in [5.74, 6) is 0. The van der Waals surface area contributed by atoms with Gasteiger partial charge in [0.05, 0.1) is 0 Å². The minimum atomic E-state index is 0.796. The molecule has 4 nitrogen and oxygen atoms in total. The molecule has 1 aromatic heterocycles. The monoisotopic (exact) mass is 252 g/mol. The Kier molecular flexibility index (Phi) is 3.57. The quantitative estimate of drug-likeness (QED) is 0.868. The van der Waals surface area contributed by atoms with Crippen LogP contribution in [0.5, 0.6) is 0 Å². The smallest absolute Gasteiger partial charge is 0.208 e. The predicted molar refractivity (Wildman–Crippen MR) is 70.7 cm³/mol. The van der Waals surface area contributed by atoms with Crippen LogP contribution in [-0.4, -0.2) is 35.9 Å². The fourth-order valence-electron chi connectivity index (χ4n) is 2.23. The van der Waals surface area contributed by atoms with Gasteiger partial charge in [0, 0.05) is 32.1 Å². The number of anilines is 1. The second kappa shape index (κ2) is 5.31. The van der Waals surface area contributed by atoms with Crippen LogP contribution >= 0.6 is 11.3 Å². The zero-order valence-corrected chi connectivity index (χ0v) is 11.0. The van der Waals surface area contributed by atoms with Gasteiger partial charge in [-0.3, -0.25) is 0 Å². The lowest BCUT2D eigenvalue weighted by Crippen LogP contribution is -2.29. The second-order valence-electron chi connectivity index (χ2n) is 5.00. The number of nitrogens with one attached hydrogen (secondary N) is 1. The third-order valence-corrected chi connectivity index (χ3v) is 4.48. The van der Waals surface area contributed by atoms with Crippen molar-refractivity contribution in [3.63, 3.8) is 0 Å². The molecule has 17 heavy (non-hydrogen) atoms. The summed E-state index contributed by atoms with van der Waals surface area (Å²) >= 11 is 1.78. The average Bonchev–Trinajstić information content (AvgIpc) is 3.07. The Morgan fingerprint density at radius 2 is 2.00 bits per heavy atom. The van der Waals surface area contributed by atoms with Crippen molar-refractivity contribution in [2.75, 3.05) is 24.5 Å². The topological polar surface area (TPSA) is 41.1 Å². The normalized spacial score (nSPS) is 20.8. The highest BCUT2D eigenvalue weighted by Gasteiger charge is 2.20. The molecule has 5 heteroatoms. The molecule has 0 radical (unpaired) electrons. The van der Waals surface area contributed by atoms with Crippen LogP contribution in [0.3, 0.4) is 0 Å². The Morgan fingerprint density at radius 1 is 1.18 bits per heavy atom. The van der Waals surface area contributed by atoms with Gasteiger partial charge in [-0.2, -0.15) is 0 Å².